The van der Waals surface area contributed by atoms with E-state index in [4.69, 9.17) is 21.6 Å². The van der Waals surface area contributed by atoms with Crippen LogP contribution in [-0.2, 0) is 16.1 Å². The first-order valence-electron chi connectivity index (χ1n) is 7.91. The minimum Gasteiger partial charge on any atom is -0.461 e. The molecular formula is C18H15ClN4O3S. The predicted octanol–water partition coefficient (Wildman–Crippen LogP) is 1.38. The van der Waals surface area contributed by atoms with Gasteiger partial charge in [-0.15, -0.1) is 0 Å². The Morgan fingerprint density at radius 1 is 1.52 bits per heavy atom. The van der Waals surface area contributed by atoms with Crippen molar-refractivity contribution in [3.63, 3.8) is 0 Å². The summed E-state index contributed by atoms with van der Waals surface area (Å²) >= 11 is 6.87. The third kappa shape index (κ3) is 5.20. The molecule has 0 saturated heterocycles. The molecule has 1 N–H and O–H groups in total. The predicted molar refractivity (Wildman–Crippen MR) is 104 cm³/mol. The van der Waals surface area contributed by atoms with Gasteiger partial charge in [-0.1, -0.05) is 34.4 Å². The van der Waals surface area contributed by atoms with Gasteiger partial charge < -0.3 is 10.1 Å². The SMILES string of the molecule is CCOC(=O)C(=C=c1sc(=C=CNc2ccnc(Cl)c2)c(=O)n1CC)C#N. The van der Waals surface area contributed by atoms with Crippen LogP contribution in [0.25, 0.3) is 11.5 Å². The summed E-state index contributed by atoms with van der Waals surface area (Å²) in [7, 11) is 0. The molecular weight excluding hydrogens is 388 g/mol. The van der Waals surface area contributed by atoms with E-state index in [-0.39, 0.29) is 17.7 Å². The zero-order valence-corrected chi connectivity index (χ0v) is 16.1. The fraction of sp³-hybridized carbons (Fsp3) is 0.222. The highest BCUT2D eigenvalue weighted by Gasteiger charge is 2.10. The number of carbonyl (C=O) groups is 1. The van der Waals surface area contributed by atoms with Crippen LogP contribution in [0.5, 0.6) is 0 Å². The molecule has 0 aliphatic rings. The van der Waals surface area contributed by atoms with Crippen molar-refractivity contribution >= 4 is 46.1 Å². The average molecular weight is 403 g/mol. The van der Waals surface area contributed by atoms with Gasteiger partial charge in [-0.25, -0.2) is 9.78 Å². The highest BCUT2D eigenvalue weighted by Crippen LogP contribution is 2.11. The Morgan fingerprint density at radius 2 is 2.30 bits per heavy atom. The second kappa shape index (κ2) is 9.58. The molecule has 0 spiro atoms. The molecule has 2 heterocycles. The maximum atomic E-state index is 12.5. The van der Waals surface area contributed by atoms with E-state index in [0.717, 1.165) is 11.3 Å². The summed E-state index contributed by atoms with van der Waals surface area (Å²) in [5, 5.41) is 12.4. The number of carbonyl (C=O) groups excluding carboxylic acids is 1. The van der Waals surface area contributed by atoms with Crippen LogP contribution in [0.3, 0.4) is 0 Å². The van der Waals surface area contributed by atoms with Crippen molar-refractivity contribution in [3.05, 3.63) is 54.8 Å². The fourth-order valence-corrected chi connectivity index (χ4v) is 3.15. The molecule has 138 valence electrons. The number of thiazole rings is 1. The van der Waals surface area contributed by atoms with Gasteiger partial charge in [0.2, 0.25) is 0 Å². The van der Waals surface area contributed by atoms with E-state index >= 15 is 0 Å². The van der Waals surface area contributed by atoms with E-state index in [1.165, 1.54) is 10.8 Å². The van der Waals surface area contributed by atoms with Crippen molar-refractivity contribution in [3.8, 4) is 6.07 Å². The fourth-order valence-electron chi connectivity index (χ4n) is 1.99. The number of nitrogens with one attached hydrogen (secondary N) is 1. The van der Waals surface area contributed by atoms with Crippen molar-refractivity contribution < 1.29 is 9.53 Å². The summed E-state index contributed by atoms with van der Waals surface area (Å²) in [5.74, 6) is -0.777. The van der Waals surface area contributed by atoms with Crippen molar-refractivity contribution in [2.75, 3.05) is 11.9 Å². The number of rotatable bonds is 5. The molecule has 0 radical (unpaired) electrons. The van der Waals surface area contributed by atoms with Gasteiger partial charge in [0.05, 0.1) is 6.61 Å². The Kier molecular flexibility index (Phi) is 7.18. The van der Waals surface area contributed by atoms with Gasteiger partial charge in [0.15, 0.2) is 5.57 Å². The second-order valence-corrected chi connectivity index (χ2v) is 6.30. The van der Waals surface area contributed by atoms with Gasteiger partial charge >= 0.3 is 5.97 Å². The molecule has 2 aromatic heterocycles. The maximum Gasteiger partial charge on any atom is 0.357 e. The number of nitriles is 1. The van der Waals surface area contributed by atoms with Crippen molar-refractivity contribution in [2.24, 2.45) is 0 Å². The van der Waals surface area contributed by atoms with Crippen molar-refractivity contribution in [1.82, 2.24) is 9.55 Å². The van der Waals surface area contributed by atoms with Gasteiger partial charge in [-0.05, 0) is 26.0 Å². The van der Waals surface area contributed by atoms with Crippen molar-refractivity contribution in [2.45, 2.75) is 20.4 Å². The first-order chi connectivity index (χ1) is 13.0. The first-order valence-corrected chi connectivity index (χ1v) is 9.10. The van der Waals surface area contributed by atoms with E-state index in [9.17, 15) is 9.59 Å². The van der Waals surface area contributed by atoms with Crippen LogP contribution in [0.2, 0.25) is 5.15 Å². The van der Waals surface area contributed by atoms with E-state index in [2.05, 4.69) is 21.8 Å². The highest BCUT2D eigenvalue weighted by molar-refractivity contribution is 7.07. The smallest absolute Gasteiger partial charge is 0.357 e. The van der Waals surface area contributed by atoms with Crippen LogP contribution in [0.1, 0.15) is 13.8 Å². The van der Waals surface area contributed by atoms with Gasteiger partial charge in [-0.2, -0.15) is 5.26 Å². The standard InChI is InChI=1S/C18H15ClN4O3S/c1-3-23-16(9-12(11-20)18(25)26-4-2)27-14(17(23)24)6-8-21-13-5-7-22-15(19)10-13/h5,7-8,10H,3-4H2,1-2H3,(H,21,22). The Balaban J connectivity index is 2.57. The van der Waals surface area contributed by atoms with E-state index in [1.807, 2.05) is 0 Å². The van der Waals surface area contributed by atoms with E-state index < -0.39 is 5.97 Å². The molecule has 27 heavy (non-hydrogen) atoms. The lowest BCUT2D eigenvalue weighted by Gasteiger charge is -1.97. The lowest BCUT2D eigenvalue weighted by molar-refractivity contribution is -0.137. The quantitative estimate of drug-likeness (QED) is 0.351. The molecule has 0 bridgehead atoms. The molecule has 0 fully saturated rings. The van der Waals surface area contributed by atoms with E-state index in [0.29, 0.717) is 26.6 Å². The summed E-state index contributed by atoms with van der Waals surface area (Å²) in [6, 6.07) is 5.08. The molecule has 0 aliphatic heterocycles. The molecule has 0 atom stereocenters. The Bertz CT molecular complexity index is 1150. The first kappa shape index (κ1) is 20.2. The van der Waals surface area contributed by atoms with Crippen LogP contribution < -0.4 is 20.1 Å². The molecule has 0 saturated carbocycles. The normalized spacial score (nSPS) is 9.56. The molecule has 2 rings (SSSR count). The molecule has 9 heteroatoms. The molecule has 0 amide bonds. The number of esters is 1. The lowest BCUT2D eigenvalue weighted by Crippen LogP contribution is -2.30. The Labute approximate surface area is 163 Å². The molecule has 0 aliphatic carbocycles. The minimum atomic E-state index is -0.777. The topological polar surface area (TPSA) is 97.0 Å². The number of pyridine rings is 1. The molecule has 0 unspecified atom stereocenters. The van der Waals surface area contributed by atoms with Gasteiger partial charge in [0.1, 0.15) is 20.4 Å². The molecule has 2 aromatic rings. The Hall–Kier alpha value is -3.07. The van der Waals surface area contributed by atoms with Crippen molar-refractivity contribution in [1.29, 1.82) is 5.26 Å². The average Bonchev–Trinajstić information content (AvgIpc) is 2.94. The number of anilines is 1. The van der Waals surface area contributed by atoms with Crippen LogP contribution in [0.4, 0.5) is 5.69 Å². The minimum absolute atomic E-state index is 0.142. The molecule has 7 nitrogen and oxygen atoms in total. The second-order valence-electron chi connectivity index (χ2n) is 4.92. The summed E-state index contributed by atoms with van der Waals surface area (Å²) in [5.41, 5.74) is 5.64. The van der Waals surface area contributed by atoms with Crippen LogP contribution >= 0.6 is 22.9 Å². The number of ether oxygens (including phenoxy) is 1. The van der Waals surface area contributed by atoms with Crippen LogP contribution in [0, 0.1) is 11.3 Å². The molecule has 0 aromatic carbocycles. The van der Waals surface area contributed by atoms with Gasteiger partial charge in [-0.3, -0.25) is 9.36 Å². The van der Waals surface area contributed by atoms with Crippen LogP contribution in [-0.4, -0.2) is 22.1 Å². The monoisotopic (exact) mass is 402 g/mol. The third-order valence-electron chi connectivity index (χ3n) is 3.19. The number of hydrogen-bond donors (Lipinski definition) is 1. The number of nitrogens with zero attached hydrogens (tertiary/aromatic N) is 3. The number of halogens is 1. The third-order valence-corrected chi connectivity index (χ3v) is 4.41. The van der Waals surface area contributed by atoms with E-state index in [1.54, 1.807) is 38.2 Å². The van der Waals surface area contributed by atoms with Gasteiger partial charge in [0.25, 0.3) is 5.56 Å². The summed E-state index contributed by atoms with van der Waals surface area (Å²) in [6.07, 6.45) is 3.02. The largest absolute Gasteiger partial charge is 0.461 e. The highest BCUT2D eigenvalue weighted by atomic mass is 35.5. The lowest BCUT2D eigenvalue weighted by atomic mass is 10.3. The number of aromatic nitrogens is 2. The summed E-state index contributed by atoms with van der Waals surface area (Å²) < 4.78 is 6.86. The summed E-state index contributed by atoms with van der Waals surface area (Å²) in [6.45, 7) is 3.92. The zero-order chi connectivity index (χ0) is 19.8. The zero-order valence-electron chi connectivity index (χ0n) is 14.6. The number of hydrogen-bond acceptors (Lipinski definition) is 7. The summed E-state index contributed by atoms with van der Waals surface area (Å²) in [4.78, 5) is 28.1. The van der Waals surface area contributed by atoms with Crippen LogP contribution in [0.15, 0.2) is 34.9 Å². The maximum absolute atomic E-state index is 12.5. The Morgan fingerprint density at radius 3 is 2.93 bits per heavy atom. The van der Waals surface area contributed by atoms with Gasteiger partial charge in [0, 0.05) is 24.6 Å².